The second-order valence-corrected chi connectivity index (χ2v) is 3.85. The highest BCUT2D eigenvalue weighted by Crippen LogP contribution is 2.04. The number of pyridine rings is 1. The van der Waals surface area contributed by atoms with Crippen LogP contribution in [0.25, 0.3) is 0 Å². The highest BCUT2D eigenvalue weighted by Gasteiger charge is 2.06. The first-order valence-corrected chi connectivity index (χ1v) is 5.88. The maximum Gasteiger partial charge on any atom is 0.0300 e. The Morgan fingerprint density at radius 1 is 1.50 bits per heavy atom. The first-order chi connectivity index (χ1) is 7.86. The van der Waals surface area contributed by atoms with Gasteiger partial charge in [-0.1, -0.05) is 13.0 Å². The van der Waals surface area contributed by atoms with E-state index in [2.05, 4.69) is 35.1 Å². The second-order valence-electron chi connectivity index (χ2n) is 3.85. The maximum absolute atomic E-state index is 4.13. The Hall–Kier alpha value is -1.33. The van der Waals surface area contributed by atoms with Gasteiger partial charge in [0.15, 0.2) is 0 Å². The summed E-state index contributed by atoms with van der Waals surface area (Å²) in [6.07, 6.45) is 6.81. The fourth-order valence-corrected chi connectivity index (χ4v) is 1.59. The summed E-state index contributed by atoms with van der Waals surface area (Å²) in [5.74, 6) is 6.10. The number of nitrogens with one attached hydrogen (secondary N) is 1. The molecule has 1 atom stereocenters. The van der Waals surface area contributed by atoms with Crippen molar-refractivity contribution >= 4 is 0 Å². The van der Waals surface area contributed by atoms with E-state index in [1.165, 1.54) is 5.56 Å². The van der Waals surface area contributed by atoms with Crippen molar-refractivity contribution in [2.75, 3.05) is 6.54 Å². The highest BCUT2D eigenvalue weighted by atomic mass is 14.9. The Morgan fingerprint density at radius 3 is 3.00 bits per heavy atom. The van der Waals surface area contributed by atoms with E-state index < -0.39 is 0 Å². The van der Waals surface area contributed by atoms with Crippen molar-refractivity contribution in [3.63, 3.8) is 0 Å². The normalized spacial score (nSPS) is 11.6. The minimum absolute atomic E-state index is 0.441. The van der Waals surface area contributed by atoms with Gasteiger partial charge in [0.05, 0.1) is 0 Å². The lowest BCUT2D eigenvalue weighted by Crippen LogP contribution is -2.31. The fraction of sp³-hybridized carbons (Fsp3) is 0.500. The molecule has 1 rings (SSSR count). The van der Waals surface area contributed by atoms with Gasteiger partial charge < -0.3 is 5.32 Å². The third-order valence-corrected chi connectivity index (χ3v) is 2.41. The molecule has 0 aliphatic carbocycles. The summed E-state index contributed by atoms with van der Waals surface area (Å²) in [5, 5.41) is 3.52. The van der Waals surface area contributed by atoms with E-state index in [0.29, 0.717) is 6.04 Å². The molecule has 2 heteroatoms. The van der Waals surface area contributed by atoms with Crippen molar-refractivity contribution in [2.45, 2.75) is 39.2 Å². The molecular formula is C14H20N2. The second kappa shape index (κ2) is 7.90. The summed E-state index contributed by atoms with van der Waals surface area (Å²) in [6.45, 7) is 5.12. The number of hydrogen-bond acceptors (Lipinski definition) is 2. The molecule has 0 aliphatic heterocycles. The van der Waals surface area contributed by atoms with Crippen molar-refractivity contribution in [3.05, 3.63) is 30.1 Å². The van der Waals surface area contributed by atoms with Crippen molar-refractivity contribution in [1.29, 1.82) is 0 Å². The maximum atomic E-state index is 4.13. The molecule has 1 N–H and O–H groups in total. The van der Waals surface area contributed by atoms with Gasteiger partial charge in [0, 0.05) is 24.9 Å². The molecule has 86 valence electrons. The predicted molar refractivity (Wildman–Crippen MR) is 68.1 cm³/mol. The van der Waals surface area contributed by atoms with E-state index in [9.17, 15) is 0 Å². The molecule has 1 unspecified atom stereocenters. The first kappa shape index (κ1) is 12.7. The van der Waals surface area contributed by atoms with E-state index >= 15 is 0 Å². The van der Waals surface area contributed by atoms with Gasteiger partial charge >= 0.3 is 0 Å². The topological polar surface area (TPSA) is 24.9 Å². The van der Waals surface area contributed by atoms with Gasteiger partial charge in [-0.3, -0.25) is 4.98 Å². The van der Waals surface area contributed by atoms with Crippen LogP contribution in [0.5, 0.6) is 0 Å². The fourth-order valence-electron chi connectivity index (χ4n) is 1.59. The minimum Gasteiger partial charge on any atom is -0.313 e. The van der Waals surface area contributed by atoms with Crippen LogP contribution in [0.15, 0.2) is 24.5 Å². The van der Waals surface area contributed by atoms with Gasteiger partial charge in [0.2, 0.25) is 0 Å². The van der Waals surface area contributed by atoms with Crippen molar-refractivity contribution in [2.24, 2.45) is 0 Å². The standard InChI is InChI=1S/C14H20N2/c1-3-5-8-14(16-9-4-2)11-13-7-6-10-15-12-13/h6-7,10,12,14,16H,4,8-9,11H2,1-2H3. The predicted octanol–water partition coefficient (Wildman–Crippen LogP) is 2.41. The van der Waals surface area contributed by atoms with Gasteiger partial charge in [-0.05, 0) is 37.9 Å². The van der Waals surface area contributed by atoms with E-state index in [4.69, 9.17) is 0 Å². The number of rotatable bonds is 6. The largest absolute Gasteiger partial charge is 0.313 e. The quantitative estimate of drug-likeness (QED) is 0.739. The summed E-state index contributed by atoms with van der Waals surface area (Å²) in [4.78, 5) is 4.13. The molecule has 1 aromatic heterocycles. The Balaban J connectivity index is 2.51. The van der Waals surface area contributed by atoms with Gasteiger partial charge in [-0.25, -0.2) is 0 Å². The summed E-state index contributed by atoms with van der Waals surface area (Å²) in [7, 11) is 0. The van der Waals surface area contributed by atoms with Gasteiger partial charge in [-0.15, -0.1) is 11.8 Å². The van der Waals surface area contributed by atoms with Crippen molar-refractivity contribution in [1.82, 2.24) is 10.3 Å². The molecule has 0 amide bonds. The Kier molecular flexibility index (Phi) is 6.29. The van der Waals surface area contributed by atoms with Crippen molar-refractivity contribution in [3.8, 4) is 11.8 Å². The lowest BCUT2D eigenvalue weighted by molar-refractivity contribution is 0.516. The smallest absolute Gasteiger partial charge is 0.0300 e. The average molecular weight is 216 g/mol. The Bertz CT molecular complexity index is 335. The molecule has 16 heavy (non-hydrogen) atoms. The van der Waals surface area contributed by atoms with E-state index in [1.54, 1.807) is 0 Å². The highest BCUT2D eigenvalue weighted by molar-refractivity contribution is 5.11. The van der Waals surface area contributed by atoms with Crippen LogP contribution in [0.3, 0.4) is 0 Å². The van der Waals surface area contributed by atoms with Crippen LogP contribution in [0.2, 0.25) is 0 Å². The zero-order valence-electron chi connectivity index (χ0n) is 10.2. The first-order valence-electron chi connectivity index (χ1n) is 5.88. The minimum atomic E-state index is 0.441. The number of aromatic nitrogens is 1. The molecule has 1 aromatic rings. The number of nitrogens with zero attached hydrogens (tertiary/aromatic N) is 1. The van der Waals surface area contributed by atoms with Crippen LogP contribution in [0.4, 0.5) is 0 Å². The lowest BCUT2D eigenvalue weighted by atomic mass is 10.0. The Labute approximate surface area is 98.5 Å². The summed E-state index contributed by atoms with van der Waals surface area (Å²) < 4.78 is 0. The van der Waals surface area contributed by atoms with Crippen LogP contribution in [-0.2, 0) is 6.42 Å². The number of hydrogen-bond donors (Lipinski definition) is 1. The third kappa shape index (κ3) is 4.95. The molecule has 0 saturated carbocycles. The Morgan fingerprint density at radius 2 is 2.38 bits per heavy atom. The van der Waals surface area contributed by atoms with E-state index in [0.717, 1.165) is 25.8 Å². The van der Waals surface area contributed by atoms with Crippen LogP contribution in [0, 0.1) is 11.8 Å². The summed E-state index contributed by atoms with van der Waals surface area (Å²) in [5.41, 5.74) is 1.27. The summed E-state index contributed by atoms with van der Waals surface area (Å²) >= 11 is 0. The zero-order valence-corrected chi connectivity index (χ0v) is 10.2. The molecule has 0 bridgehead atoms. The zero-order chi connectivity index (χ0) is 11.6. The monoisotopic (exact) mass is 216 g/mol. The molecule has 0 saturated heterocycles. The lowest BCUT2D eigenvalue weighted by Gasteiger charge is -2.15. The molecule has 0 spiro atoms. The molecule has 1 heterocycles. The van der Waals surface area contributed by atoms with E-state index in [1.807, 2.05) is 25.4 Å². The van der Waals surface area contributed by atoms with Gasteiger partial charge in [-0.2, -0.15) is 0 Å². The van der Waals surface area contributed by atoms with Crippen LogP contribution in [0.1, 0.15) is 32.3 Å². The van der Waals surface area contributed by atoms with Crippen LogP contribution >= 0.6 is 0 Å². The van der Waals surface area contributed by atoms with Crippen LogP contribution in [-0.4, -0.2) is 17.6 Å². The molecule has 0 aromatic carbocycles. The molecule has 0 aliphatic rings. The van der Waals surface area contributed by atoms with E-state index in [-0.39, 0.29) is 0 Å². The van der Waals surface area contributed by atoms with Crippen molar-refractivity contribution < 1.29 is 0 Å². The SMILES string of the molecule is CC#CCC(Cc1cccnc1)NCCC. The van der Waals surface area contributed by atoms with Gasteiger partial charge in [0.25, 0.3) is 0 Å². The third-order valence-electron chi connectivity index (χ3n) is 2.41. The molecule has 0 fully saturated rings. The summed E-state index contributed by atoms with van der Waals surface area (Å²) in [6, 6.07) is 4.54. The van der Waals surface area contributed by atoms with Crippen LogP contribution < -0.4 is 5.32 Å². The average Bonchev–Trinajstić information content (AvgIpc) is 2.34. The molecular weight excluding hydrogens is 196 g/mol. The van der Waals surface area contributed by atoms with Gasteiger partial charge in [0.1, 0.15) is 0 Å². The molecule has 2 nitrogen and oxygen atoms in total. The molecule has 0 radical (unpaired) electrons.